The molecule has 1 aliphatic rings. The van der Waals surface area contributed by atoms with E-state index in [1.54, 1.807) is 12.1 Å². The highest BCUT2D eigenvalue weighted by molar-refractivity contribution is 6.32. The lowest BCUT2D eigenvalue weighted by Gasteiger charge is -2.38. The number of rotatable bonds is 5. The van der Waals surface area contributed by atoms with Gasteiger partial charge in [0, 0.05) is 19.1 Å². The molecule has 4 nitrogen and oxygen atoms in total. The summed E-state index contributed by atoms with van der Waals surface area (Å²) in [5.41, 5.74) is 5.79. The summed E-state index contributed by atoms with van der Waals surface area (Å²) in [6, 6.07) is 7.45. The van der Waals surface area contributed by atoms with Gasteiger partial charge in [-0.05, 0) is 30.9 Å². The fourth-order valence-corrected chi connectivity index (χ4v) is 2.95. The Kier molecular flexibility index (Phi) is 5.88. The number of carbonyl (C=O) groups is 1. The maximum Gasteiger partial charge on any atom is 0.226 e. The zero-order chi connectivity index (χ0) is 15.2. The molecule has 1 saturated heterocycles. The van der Waals surface area contributed by atoms with Crippen molar-refractivity contribution in [3.05, 3.63) is 29.3 Å². The predicted molar refractivity (Wildman–Crippen MR) is 84.5 cm³/mol. The molecule has 1 fully saturated rings. The van der Waals surface area contributed by atoms with Crippen molar-refractivity contribution in [3.8, 4) is 5.75 Å². The van der Waals surface area contributed by atoms with Gasteiger partial charge in [0.1, 0.15) is 5.75 Å². The normalized spacial score (nSPS) is 22.1. The Balaban J connectivity index is 1.83. The summed E-state index contributed by atoms with van der Waals surface area (Å²) < 4.78 is 5.58. The maximum absolute atomic E-state index is 12.3. The summed E-state index contributed by atoms with van der Waals surface area (Å²) >= 11 is 6.01. The second-order valence-electron chi connectivity index (χ2n) is 5.64. The SMILES string of the molecule is CC1CCN(C(=O)CCOc2ccccc2Cl)C(CN)C1. The van der Waals surface area contributed by atoms with E-state index in [1.165, 1.54) is 0 Å². The van der Waals surface area contributed by atoms with Crippen LogP contribution in [0.2, 0.25) is 5.02 Å². The standard InChI is InChI=1S/C16H23ClN2O2/c1-12-6-8-19(13(10-12)11-18)16(20)7-9-21-15-5-3-2-4-14(15)17/h2-5,12-13H,6-11,18H2,1H3. The Morgan fingerprint density at radius 2 is 2.24 bits per heavy atom. The van der Waals surface area contributed by atoms with Crippen LogP contribution in [0.5, 0.6) is 5.75 Å². The predicted octanol–water partition coefficient (Wildman–Crippen LogP) is 2.69. The minimum atomic E-state index is 0.115. The topological polar surface area (TPSA) is 55.6 Å². The van der Waals surface area contributed by atoms with Crippen LogP contribution in [0.3, 0.4) is 0 Å². The Hall–Kier alpha value is -1.26. The number of nitrogens with zero attached hydrogens (tertiary/aromatic N) is 1. The summed E-state index contributed by atoms with van der Waals surface area (Å²) in [7, 11) is 0. The molecule has 1 amide bonds. The van der Waals surface area contributed by atoms with Gasteiger partial charge >= 0.3 is 0 Å². The van der Waals surface area contributed by atoms with Gasteiger partial charge < -0.3 is 15.4 Å². The lowest BCUT2D eigenvalue weighted by molar-refractivity contribution is -0.135. The first-order valence-electron chi connectivity index (χ1n) is 7.48. The van der Waals surface area contributed by atoms with E-state index in [9.17, 15) is 4.79 Å². The first-order valence-corrected chi connectivity index (χ1v) is 7.86. The average Bonchev–Trinajstić information content (AvgIpc) is 2.48. The highest BCUT2D eigenvalue weighted by Gasteiger charge is 2.28. The van der Waals surface area contributed by atoms with E-state index >= 15 is 0 Å². The van der Waals surface area contributed by atoms with Gasteiger partial charge in [0.15, 0.2) is 0 Å². The number of amides is 1. The molecule has 0 bridgehead atoms. The average molecular weight is 311 g/mol. The third-order valence-corrected chi connectivity index (χ3v) is 4.29. The van der Waals surface area contributed by atoms with Gasteiger partial charge in [0.2, 0.25) is 5.91 Å². The maximum atomic E-state index is 12.3. The molecule has 5 heteroatoms. The van der Waals surface area contributed by atoms with Crippen LogP contribution in [0, 0.1) is 5.92 Å². The van der Waals surface area contributed by atoms with Crippen molar-refractivity contribution < 1.29 is 9.53 Å². The fourth-order valence-electron chi connectivity index (χ4n) is 2.76. The van der Waals surface area contributed by atoms with Crippen molar-refractivity contribution in [1.82, 2.24) is 4.90 Å². The van der Waals surface area contributed by atoms with Crippen LogP contribution in [-0.4, -0.2) is 36.5 Å². The molecule has 0 radical (unpaired) electrons. The summed E-state index contributed by atoms with van der Waals surface area (Å²) in [5, 5.41) is 0.566. The molecular formula is C16H23ClN2O2. The Morgan fingerprint density at radius 1 is 1.48 bits per heavy atom. The Morgan fingerprint density at radius 3 is 2.95 bits per heavy atom. The van der Waals surface area contributed by atoms with Crippen LogP contribution in [0.25, 0.3) is 0 Å². The molecule has 21 heavy (non-hydrogen) atoms. The highest BCUT2D eigenvalue weighted by Crippen LogP contribution is 2.24. The minimum absolute atomic E-state index is 0.115. The monoisotopic (exact) mass is 310 g/mol. The van der Waals surface area contributed by atoms with Crippen molar-refractivity contribution in [1.29, 1.82) is 0 Å². The molecule has 2 atom stereocenters. The second kappa shape index (κ2) is 7.66. The summed E-state index contributed by atoms with van der Waals surface area (Å²) in [6.45, 7) is 3.88. The Bertz CT molecular complexity index is 481. The number of hydrogen-bond donors (Lipinski definition) is 1. The van der Waals surface area contributed by atoms with Gasteiger partial charge in [-0.3, -0.25) is 4.79 Å². The number of hydrogen-bond acceptors (Lipinski definition) is 3. The van der Waals surface area contributed by atoms with Gasteiger partial charge in [-0.15, -0.1) is 0 Å². The van der Waals surface area contributed by atoms with Crippen molar-refractivity contribution in [2.45, 2.75) is 32.2 Å². The van der Waals surface area contributed by atoms with Crippen LogP contribution >= 0.6 is 11.6 Å². The largest absolute Gasteiger partial charge is 0.491 e. The molecule has 0 spiro atoms. The molecular weight excluding hydrogens is 288 g/mol. The van der Waals surface area contributed by atoms with Gasteiger partial charge in [0.05, 0.1) is 18.1 Å². The number of piperidine rings is 1. The van der Waals surface area contributed by atoms with Crippen molar-refractivity contribution in [2.75, 3.05) is 19.7 Å². The van der Waals surface area contributed by atoms with E-state index in [-0.39, 0.29) is 11.9 Å². The zero-order valence-electron chi connectivity index (χ0n) is 12.4. The summed E-state index contributed by atoms with van der Waals surface area (Å²) in [6.07, 6.45) is 2.40. The molecule has 1 heterocycles. The van der Waals surface area contributed by atoms with E-state index < -0.39 is 0 Å². The van der Waals surface area contributed by atoms with Gasteiger partial charge in [-0.25, -0.2) is 0 Å². The van der Waals surface area contributed by atoms with Gasteiger partial charge in [-0.2, -0.15) is 0 Å². The zero-order valence-corrected chi connectivity index (χ0v) is 13.2. The first kappa shape index (κ1) is 16.1. The molecule has 2 unspecified atom stereocenters. The molecule has 1 aromatic carbocycles. The number of benzene rings is 1. The van der Waals surface area contributed by atoms with Crippen molar-refractivity contribution in [2.24, 2.45) is 11.7 Å². The number of likely N-dealkylation sites (tertiary alicyclic amines) is 1. The summed E-state index contributed by atoms with van der Waals surface area (Å²) in [4.78, 5) is 14.2. The van der Waals surface area contributed by atoms with Crippen LogP contribution in [-0.2, 0) is 4.79 Å². The van der Waals surface area contributed by atoms with Crippen molar-refractivity contribution >= 4 is 17.5 Å². The third-order valence-electron chi connectivity index (χ3n) is 3.98. The van der Waals surface area contributed by atoms with Crippen LogP contribution in [0.4, 0.5) is 0 Å². The van der Waals surface area contributed by atoms with Gasteiger partial charge in [-0.1, -0.05) is 30.7 Å². The molecule has 116 valence electrons. The molecule has 2 rings (SSSR count). The van der Waals surface area contributed by atoms with E-state index in [0.717, 1.165) is 19.4 Å². The number of ether oxygens (including phenoxy) is 1. The van der Waals surface area contributed by atoms with E-state index in [1.807, 2.05) is 17.0 Å². The number of para-hydroxylation sites is 1. The highest BCUT2D eigenvalue weighted by atomic mass is 35.5. The number of carbonyl (C=O) groups excluding carboxylic acids is 1. The number of nitrogens with two attached hydrogens (primary N) is 1. The van der Waals surface area contributed by atoms with Gasteiger partial charge in [0.25, 0.3) is 0 Å². The van der Waals surface area contributed by atoms with Crippen LogP contribution in [0.1, 0.15) is 26.2 Å². The summed E-state index contributed by atoms with van der Waals surface area (Å²) in [5.74, 6) is 1.38. The van der Waals surface area contributed by atoms with Crippen molar-refractivity contribution in [3.63, 3.8) is 0 Å². The fraction of sp³-hybridized carbons (Fsp3) is 0.562. The quantitative estimate of drug-likeness (QED) is 0.909. The smallest absolute Gasteiger partial charge is 0.226 e. The molecule has 0 saturated carbocycles. The lowest BCUT2D eigenvalue weighted by atomic mass is 9.92. The second-order valence-corrected chi connectivity index (χ2v) is 6.04. The van der Waals surface area contributed by atoms with Crippen LogP contribution < -0.4 is 10.5 Å². The van der Waals surface area contributed by atoms with E-state index in [4.69, 9.17) is 22.1 Å². The lowest BCUT2D eigenvalue weighted by Crippen LogP contribution is -2.49. The molecule has 0 aromatic heterocycles. The van der Waals surface area contributed by atoms with E-state index in [0.29, 0.717) is 36.3 Å². The molecule has 2 N–H and O–H groups in total. The molecule has 1 aliphatic heterocycles. The Labute approximate surface area is 131 Å². The first-order chi connectivity index (χ1) is 10.1. The number of halogens is 1. The van der Waals surface area contributed by atoms with E-state index in [2.05, 4.69) is 6.92 Å². The third kappa shape index (κ3) is 4.35. The molecule has 1 aromatic rings. The molecule has 0 aliphatic carbocycles. The minimum Gasteiger partial charge on any atom is -0.491 e. The van der Waals surface area contributed by atoms with Crippen LogP contribution in [0.15, 0.2) is 24.3 Å².